The van der Waals surface area contributed by atoms with Crippen LogP contribution in [0.3, 0.4) is 0 Å². The number of carbonyl (C=O) groups is 1. The van der Waals surface area contributed by atoms with E-state index in [0.717, 1.165) is 13.0 Å². The first kappa shape index (κ1) is 19.3. The Labute approximate surface area is 167 Å². The molecule has 2 aliphatic carbocycles. The second kappa shape index (κ2) is 8.16. The Bertz CT molecular complexity index is 794. The third-order valence-electron chi connectivity index (χ3n) is 6.97. The third-order valence-corrected chi connectivity index (χ3v) is 6.97. The molecule has 1 saturated carbocycles. The van der Waals surface area contributed by atoms with Gasteiger partial charge in [-0.1, -0.05) is 24.3 Å². The van der Waals surface area contributed by atoms with Gasteiger partial charge in [0, 0.05) is 18.0 Å². The summed E-state index contributed by atoms with van der Waals surface area (Å²) in [6.07, 6.45) is 9.04. The zero-order valence-corrected chi connectivity index (χ0v) is 16.8. The van der Waals surface area contributed by atoms with E-state index in [9.17, 15) is 9.18 Å². The van der Waals surface area contributed by atoms with Gasteiger partial charge in [0.2, 0.25) is 0 Å². The first-order valence-corrected chi connectivity index (χ1v) is 10.6. The molecule has 1 fully saturated rings. The Morgan fingerprint density at radius 2 is 1.64 bits per heavy atom. The van der Waals surface area contributed by atoms with Gasteiger partial charge in [-0.05, 0) is 99.3 Å². The average Bonchev–Trinajstić information content (AvgIpc) is 3.06. The Morgan fingerprint density at radius 1 is 1.04 bits per heavy atom. The van der Waals surface area contributed by atoms with E-state index in [1.54, 1.807) is 23.3 Å². The number of benzene rings is 2. The largest absolute Gasteiger partial charge is 0.303 e. The molecule has 28 heavy (non-hydrogen) atoms. The number of carbonyl (C=O) groups excluding carboxylic acids is 1. The molecule has 0 unspecified atom stereocenters. The van der Waals surface area contributed by atoms with Crippen LogP contribution in [0.15, 0.2) is 48.5 Å². The van der Waals surface area contributed by atoms with Gasteiger partial charge in [-0.25, -0.2) is 4.39 Å². The molecule has 0 aliphatic heterocycles. The van der Waals surface area contributed by atoms with Crippen LogP contribution in [0.5, 0.6) is 0 Å². The van der Waals surface area contributed by atoms with Gasteiger partial charge in [0.15, 0.2) is 5.78 Å². The molecule has 2 nitrogen and oxygen atoms in total. The average molecular weight is 380 g/mol. The van der Waals surface area contributed by atoms with Crippen molar-refractivity contribution in [1.29, 1.82) is 0 Å². The summed E-state index contributed by atoms with van der Waals surface area (Å²) in [5.41, 5.74) is 4.24. The Morgan fingerprint density at radius 3 is 2.25 bits per heavy atom. The molecule has 0 atom stereocenters. The first-order valence-electron chi connectivity index (χ1n) is 10.6. The molecule has 2 aromatic carbocycles. The summed E-state index contributed by atoms with van der Waals surface area (Å²) in [6.45, 7) is 0.949. The van der Waals surface area contributed by atoms with Crippen molar-refractivity contribution < 1.29 is 9.18 Å². The fourth-order valence-electron chi connectivity index (χ4n) is 5.23. The van der Waals surface area contributed by atoms with E-state index in [1.807, 2.05) is 0 Å². The van der Waals surface area contributed by atoms with E-state index in [-0.39, 0.29) is 11.6 Å². The van der Waals surface area contributed by atoms with Gasteiger partial charge in [-0.2, -0.15) is 0 Å². The lowest BCUT2D eigenvalue weighted by atomic mass is 9.70. The van der Waals surface area contributed by atoms with E-state index in [0.29, 0.717) is 23.4 Å². The minimum absolute atomic E-state index is 0.111. The summed E-state index contributed by atoms with van der Waals surface area (Å²) < 4.78 is 13.0. The normalized spacial score (nSPS) is 18.5. The number of ketones is 1. The molecular weight excluding hydrogens is 349 g/mol. The molecule has 0 N–H and O–H groups in total. The quantitative estimate of drug-likeness (QED) is 0.622. The predicted octanol–water partition coefficient (Wildman–Crippen LogP) is 5.45. The fourth-order valence-corrected chi connectivity index (χ4v) is 5.23. The van der Waals surface area contributed by atoms with Gasteiger partial charge < -0.3 is 4.90 Å². The Kier molecular flexibility index (Phi) is 5.63. The molecule has 2 aliphatic rings. The number of fused-ring (bicyclic) bond motifs is 1. The summed E-state index contributed by atoms with van der Waals surface area (Å²) in [5.74, 6) is -0.184. The zero-order chi connectivity index (χ0) is 19.6. The van der Waals surface area contributed by atoms with Crippen molar-refractivity contribution in [3.8, 4) is 0 Å². The van der Waals surface area contributed by atoms with Crippen LogP contribution in [0.4, 0.5) is 4.39 Å². The fraction of sp³-hybridized carbons (Fsp3) is 0.480. The van der Waals surface area contributed by atoms with Crippen LogP contribution >= 0.6 is 0 Å². The van der Waals surface area contributed by atoms with Crippen LogP contribution < -0.4 is 0 Å². The van der Waals surface area contributed by atoms with Gasteiger partial charge in [-0.15, -0.1) is 0 Å². The highest BCUT2D eigenvalue weighted by Crippen LogP contribution is 2.47. The van der Waals surface area contributed by atoms with E-state index in [1.165, 1.54) is 50.7 Å². The zero-order valence-electron chi connectivity index (χ0n) is 16.8. The van der Waals surface area contributed by atoms with Crippen molar-refractivity contribution in [3.63, 3.8) is 0 Å². The van der Waals surface area contributed by atoms with Crippen LogP contribution in [0.1, 0.15) is 60.0 Å². The maximum absolute atomic E-state index is 13.0. The topological polar surface area (TPSA) is 20.3 Å². The number of Topliss-reactive ketones (excluding diaryl/α,β-unsaturated/α-hetero) is 1. The third kappa shape index (κ3) is 4.20. The summed E-state index contributed by atoms with van der Waals surface area (Å²) >= 11 is 0. The summed E-state index contributed by atoms with van der Waals surface area (Å²) in [4.78, 5) is 14.7. The first-order chi connectivity index (χ1) is 13.5. The van der Waals surface area contributed by atoms with Gasteiger partial charge in [-0.3, -0.25) is 4.79 Å². The summed E-state index contributed by atoms with van der Waals surface area (Å²) in [7, 11) is 2.20. The molecule has 0 bridgehead atoms. The van der Waals surface area contributed by atoms with Gasteiger partial charge >= 0.3 is 0 Å². The molecule has 3 heteroatoms. The molecule has 0 saturated heterocycles. The monoisotopic (exact) mass is 379 g/mol. The molecule has 2 aromatic rings. The number of halogens is 1. The molecular formula is C25H30FNO. The van der Waals surface area contributed by atoms with Gasteiger partial charge in [0.25, 0.3) is 0 Å². The van der Waals surface area contributed by atoms with Gasteiger partial charge in [0.1, 0.15) is 5.82 Å². The van der Waals surface area contributed by atoms with Crippen LogP contribution in [0.25, 0.3) is 0 Å². The maximum Gasteiger partial charge on any atom is 0.162 e. The molecule has 0 aromatic heterocycles. The minimum atomic E-state index is -0.295. The summed E-state index contributed by atoms with van der Waals surface area (Å²) in [6, 6.07) is 15.5. The number of nitrogens with zero attached hydrogens (tertiary/aromatic N) is 1. The smallest absolute Gasteiger partial charge is 0.162 e. The van der Waals surface area contributed by atoms with Crippen LogP contribution in [-0.4, -0.2) is 30.3 Å². The van der Waals surface area contributed by atoms with Crippen molar-refractivity contribution >= 4 is 5.78 Å². The van der Waals surface area contributed by atoms with E-state index in [4.69, 9.17) is 0 Å². The van der Waals surface area contributed by atoms with Crippen LogP contribution in [0.2, 0.25) is 0 Å². The molecule has 0 amide bonds. The van der Waals surface area contributed by atoms with Crippen LogP contribution in [-0.2, 0) is 12.8 Å². The summed E-state index contributed by atoms with van der Waals surface area (Å²) in [5, 5.41) is 0. The lowest BCUT2D eigenvalue weighted by Crippen LogP contribution is -2.39. The standard InChI is InChI=1S/C25H30FNO/c1-27(16-4-7-24(28)19-8-10-22(26)11-9-19)23-12-14-25(15-13-23)17-20-5-2-3-6-21(20)18-25/h2-3,5-6,8-11,23H,4,7,12-18H2,1H3. The predicted molar refractivity (Wildman–Crippen MR) is 111 cm³/mol. The molecule has 0 radical (unpaired) electrons. The highest BCUT2D eigenvalue weighted by atomic mass is 19.1. The van der Waals surface area contributed by atoms with Crippen molar-refractivity contribution in [3.05, 3.63) is 71.0 Å². The molecule has 0 heterocycles. The molecule has 148 valence electrons. The second-order valence-corrected chi connectivity index (χ2v) is 8.87. The SMILES string of the molecule is CN(CCCC(=O)c1ccc(F)cc1)C1CCC2(CC1)Cc1ccccc1C2. The Hall–Kier alpha value is -2.00. The highest BCUT2D eigenvalue weighted by molar-refractivity contribution is 5.95. The van der Waals surface area contributed by atoms with Crippen molar-refractivity contribution in [2.24, 2.45) is 5.41 Å². The maximum atomic E-state index is 13.0. The minimum Gasteiger partial charge on any atom is -0.303 e. The van der Waals surface area contributed by atoms with E-state index >= 15 is 0 Å². The van der Waals surface area contributed by atoms with Crippen LogP contribution in [0, 0.1) is 11.2 Å². The lowest BCUT2D eigenvalue weighted by molar-refractivity contribution is 0.0948. The Balaban J connectivity index is 1.22. The molecule has 4 rings (SSSR count). The van der Waals surface area contributed by atoms with Crippen molar-refractivity contribution in [2.75, 3.05) is 13.6 Å². The number of hydrogen-bond acceptors (Lipinski definition) is 2. The van der Waals surface area contributed by atoms with E-state index in [2.05, 4.69) is 36.2 Å². The highest BCUT2D eigenvalue weighted by Gasteiger charge is 2.40. The molecule has 1 spiro atoms. The second-order valence-electron chi connectivity index (χ2n) is 8.87. The van der Waals surface area contributed by atoms with Crippen molar-refractivity contribution in [1.82, 2.24) is 4.90 Å². The van der Waals surface area contributed by atoms with Gasteiger partial charge in [0.05, 0.1) is 0 Å². The van der Waals surface area contributed by atoms with E-state index < -0.39 is 0 Å². The number of rotatable bonds is 6. The lowest BCUT2D eigenvalue weighted by Gasteiger charge is -2.40. The number of hydrogen-bond donors (Lipinski definition) is 0. The van der Waals surface area contributed by atoms with Crippen molar-refractivity contribution in [2.45, 2.75) is 57.4 Å².